The van der Waals surface area contributed by atoms with Crippen molar-refractivity contribution in [1.82, 2.24) is 0 Å². The number of non-ortho nitro benzene ring substituents is 1. The zero-order valence-corrected chi connectivity index (χ0v) is 16.1. The summed E-state index contributed by atoms with van der Waals surface area (Å²) in [5, 5.41) is 10.3. The third-order valence-electron chi connectivity index (χ3n) is 4.25. The van der Waals surface area contributed by atoms with Crippen molar-refractivity contribution in [2.24, 2.45) is 0 Å². The second-order valence-corrected chi connectivity index (χ2v) is 6.77. The fourth-order valence-corrected chi connectivity index (χ4v) is 3.64. The molecule has 1 saturated heterocycles. The van der Waals surface area contributed by atoms with E-state index in [1.54, 1.807) is 37.3 Å². The largest absolute Gasteiger partial charge is 0.497 e. The number of anilines is 1. The Balaban J connectivity index is 1.99. The molecule has 0 unspecified atom stereocenters. The van der Waals surface area contributed by atoms with Crippen molar-refractivity contribution in [2.45, 2.75) is 6.92 Å². The molecule has 1 fully saturated rings. The van der Waals surface area contributed by atoms with Gasteiger partial charge in [-0.1, -0.05) is 0 Å². The second kappa shape index (κ2) is 7.73. The highest BCUT2D eigenvalue weighted by Gasteiger charge is 2.39. The van der Waals surface area contributed by atoms with Gasteiger partial charge in [0.05, 0.1) is 29.7 Å². The van der Waals surface area contributed by atoms with Gasteiger partial charge >= 0.3 is 0 Å². The number of hydrogen-bond acceptors (Lipinski definition) is 7. The van der Waals surface area contributed by atoms with Gasteiger partial charge < -0.3 is 9.47 Å². The first-order valence-corrected chi connectivity index (χ1v) is 8.93. The second-order valence-electron chi connectivity index (χ2n) is 5.80. The Hall–Kier alpha value is -3.33. The molecule has 28 heavy (non-hydrogen) atoms. The molecule has 2 aromatic carbocycles. The van der Waals surface area contributed by atoms with E-state index in [1.807, 2.05) is 0 Å². The van der Waals surface area contributed by atoms with E-state index in [-0.39, 0.29) is 10.6 Å². The number of nitrogens with zero attached hydrogens (tertiary/aromatic N) is 2. The maximum Gasteiger partial charge on any atom is 0.298 e. The zero-order chi connectivity index (χ0) is 20.4. The van der Waals surface area contributed by atoms with Gasteiger partial charge in [0.1, 0.15) is 11.5 Å². The molecule has 1 aliphatic heterocycles. The van der Waals surface area contributed by atoms with Crippen molar-refractivity contribution in [1.29, 1.82) is 0 Å². The molecule has 2 aromatic rings. The number of amides is 2. The third-order valence-corrected chi connectivity index (χ3v) is 5.29. The number of benzene rings is 2. The van der Waals surface area contributed by atoms with Gasteiger partial charge in [0.25, 0.3) is 16.8 Å². The lowest BCUT2D eigenvalue weighted by Gasteiger charge is -2.17. The van der Waals surface area contributed by atoms with E-state index in [1.165, 1.54) is 26.4 Å². The monoisotopic (exact) mass is 400 g/mol. The van der Waals surface area contributed by atoms with Crippen molar-refractivity contribution in [2.75, 3.05) is 19.1 Å². The minimum absolute atomic E-state index is 0.0485. The van der Waals surface area contributed by atoms with Gasteiger partial charge in [0, 0.05) is 18.2 Å². The van der Waals surface area contributed by atoms with E-state index in [9.17, 15) is 19.7 Å². The molecular weight excluding hydrogens is 384 g/mol. The standard InChI is InChI=1S/C19H16N2O6S/c1-11(12-4-6-13(7-5-12)21(24)25)17-18(22)20(19(23)28-17)15-9-8-14(26-2)10-16(15)27-3/h4-10H,1-3H3/b17-11-. The Bertz CT molecular complexity index is 1000. The summed E-state index contributed by atoms with van der Waals surface area (Å²) in [4.78, 5) is 37.1. The molecule has 0 aliphatic carbocycles. The first kappa shape index (κ1) is 19.4. The summed E-state index contributed by atoms with van der Waals surface area (Å²) in [5.41, 5.74) is 1.45. The van der Waals surface area contributed by atoms with Crippen LogP contribution < -0.4 is 14.4 Å². The average molecular weight is 400 g/mol. The molecule has 3 rings (SSSR count). The lowest BCUT2D eigenvalue weighted by atomic mass is 10.1. The molecule has 1 heterocycles. The van der Waals surface area contributed by atoms with Gasteiger partial charge in [-0.2, -0.15) is 0 Å². The molecule has 0 atom stereocenters. The van der Waals surface area contributed by atoms with Crippen LogP contribution in [0.3, 0.4) is 0 Å². The highest BCUT2D eigenvalue weighted by Crippen LogP contribution is 2.42. The molecule has 144 valence electrons. The fourth-order valence-electron chi connectivity index (χ4n) is 2.74. The van der Waals surface area contributed by atoms with Crippen LogP contribution in [0.5, 0.6) is 11.5 Å². The average Bonchev–Trinajstić information content (AvgIpc) is 3.00. The van der Waals surface area contributed by atoms with Crippen molar-refractivity contribution in [3.05, 3.63) is 63.0 Å². The molecule has 9 heteroatoms. The fraction of sp³-hybridized carbons (Fsp3) is 0.158. The Kier molecular flexibility index (Phi) is 5.36. The lowest BCUT2D eigenvalue weighted by molar-refractivity contribution is -0.384. The van der Waals surface area contributed by atoms with E-state index < -0.39 is 16.1 Å². The molecule has 0 spiro atoms. The number of thioether (sulfide) groups is 1. The van der Waals surface area contributed by atoms with Crippen LogP contribution in [0.2, 0.25) is 0 Å². The molecule has 1 aliphatic rings. The van der Waals surface area contributed by atoms with Crippen LogP contribution in [0.4, 0.5) is 16.2 Å². The maximum absolute atomic E-state index is 13.0. The smallest absolute Gasteiger partial charge is 0.298 e. The van der Waals surface area contributed by atoms with Gasteiger partial charge in [-0.3, -0.25) is 19.7 Å². The summed E-state index contributed by atoms with van der Waals surface area (Å²) in [6, 6.07) is 10.6. The minimum atomic E-state index is -0.497. The number of nitro groups is 1. The Morgan fingerprint density at radius 2 is 1.75 bits per heavy atom. The van der Waals surface area contributed by atoms with Crippen LogP contribution in [-0.2, 0) is 4.79 Å². The minimum Gasteiger partial charge on any atom is -0.497 e. The third kappa shape index (κ3) is 3.44. The number of ether oxygens (including phenoxy) is 2. The van der Waals surface area contributed by atoms with Crippen LogP contribution in [0.1, 0.15) is 12.5 Å². The number of carbonyl (C=O) groups is 2. The van der Waals surface area contributed by atoms with Crippen molar-refractivity contribution in [3.8, 4) is 11.5 Å². The predicted octanol–water partition coefficient (Wildman–Crippen LogP) is 4.24. The Morgan fingerprint density at radius 1 is 1.07 bits per heavy atom. The Labute approximate surface area is 164 Å². The van der Waals surface area contributed by atoms with Gasteiger partial charge in [0.15, 0.2) is 0 Å². The molecule has 0 bridgehead atoms. The van der Waals surface area contributed by atoms with Crippen molar-refractivity contribution >= 4 is 39.9 Å². The quantitative estimate of drug-likeness (QED) is 0.420. The normalized spacial score (nSPS) is 15.6. The number of methoxy groups -OCH3 is 2. The highest BCUT2D eigenvalue weighted by atomic mass is 32.2. The van der Waals surface area contributed by atoms with E-state index in [4.69, 9.17) is 9.47 Å². The van der Waals surface area contributed by atoms with E-state index >= 15 is 0 Å². The Morgan fingerprint density at radius 3 is 2.32 bits per heavy atom. The summed E-state index contributed by atoms with van der Waals surface area (Å²) in [7, 11) is 2.94. The van der Waals surface area contributed by atoms with E-state index in [0.717, 1.165) is 16.7 Å². The number of rotatable bonds is 5. The molecule has 0 saturated carbocycles. The molecular formula is C19H16N2O6S. The zero-order valence-electron chi connectivity index (χ0n) is 15.3. The molecule has 0 radical (unpaired) electrons. The van der Waals surface area contributed by atoms with Gasteiger partial charge in [0.2, 0.25) is 0 Å². The predicted molar refractivity (Wildman–Crippen MR) is 106 cm³/mol. The van der Waals surface area contributed by atoms with E-state index in [0.29, 0.717) is 28.3 Å². The van der Waals surface area contributed by atoms with Crippen LogP contribution >= 0.6 is 11.8 Å². The summed E-state index contributed by atoms with van der Waals surface area (Å²) in [6.45, 7) is 1.70. The molecule has 0 N–H and O–H groups in total. The maximum atomic E-state index is 13.0. The molecule has 0 aromatic heterocycles. The van der Waals surface area contributed by atoms with Gasteiger partial charge in [-0.05, 0) is 54.1 Å². The lowest BCUT2D eigenvalue weighted by Crippen LogP contribution is -2.28. The highest BCUT2D eigenvalue weighted by molar-refractivity contribution is 8.19. The van der Waals surface area contributed by atoms with E-state index in [2.05, 4.69) is 0 Å². The topological polar surface area (TPSA) is 99.0 Å². The van der Waals surface area contributed by atoms with Gasteiger partial charge in [-0.25, -0.2) is 4.90 Å². The number of carbonyl (C=O) groups excluding carboxylic acids is 2. The van der Waals surface area contributed by atoms with Crippen LogP contribution in [0, 0.1) is 10.1 Å². The molecule has 8 nitrogen and oxygen atoms in total. The SMILES string of the molecule is COc1ccc(N2C(=O)S/C(=C(/C)c3ccc([N+](=O)[O-])cc3)C2=O)c(OC)c1. The van der Waals surface area contributed by atoms with Crippen molar-refractivity contribution < 1.29 is 24.0 Å². The number of imide groups is 1. The first-order chi connectivity index (χ1) is 13.4. The van der Waals surface area contributed by atoms with Crippen LogP contribution in [0.15, 0.2) is 47.4 Å². The van der Waals surface area contributed by atoms with Gasteiger partial charge in [-0.15, -0.1) is 0 Å². The molecule has 2 amide bonds. The van der Waals surface area contributed by atoms with Crippen LogP contribution in [-0.4, -0.2) is 30.3 Å². The number of hydrogen-bond donors (Lipinski definition) is 0. The summed E-state index contributed by atoms with van der Waals surface area (Å²) in [6.07, 6.45) is 0. The summed E-state index contributed by atoms with van der Waals surface area (Å²) in [5.74, 6) is 0.385. The summed E-state index contributed by atoms with van der Waals surface area (Å²) < 4.78 is 10.4. The van der Waals surface area contributed by atoms with Crippen molar-refractivity contribution in [3.63, 3.8) is 0 Å². The first-order valence-electron chi connectivity index (χ1n) is 8.11. The summed E-state index contributed by atoms with van der Waals surface area (Å²) >= 11 is 0.816. The number of allylic oxidation sites excluding steroid dienone is 1. The number of nitro benzene ring substituents is 1. The van der Waals surface area contributed by atoms with Crippen LogP contribution in [0.25, 0.3) is 5.57 Å².